The van der Waals surface area contributed by atoms with Crippen molar-refractivity contribution in [1.29, 1.82) is 0 Å². The topological polar surface area (TPSA) is 457 Å². The highest BCUT2D eigenvalue weighted by atomic mass is 35.5. The van der Waals surface area contributed by atoms with Crippen molar-refractivity contribution in [3.63, 3.8) is 0 Å². The molecule has 5 aromatic rings. The highest BCUT2D eigenvalue weighted by Crippen LogP contribution is 2.66. The minimum atomic E-state index is -1.50. The summed E-state index contributed by atoms with van der Waals surface area (Å²) in [4.78, 5) is 104. The van der Waals surface area contributed by atoms with Gasteiger partial charge in [0.2, 0.25) is 11.2 Å². The van der Waals surface area contributed by atoms with E-state index < -0.39 is 96.4 Å². The number of hydrogen-bond donors (Lipinski definition) is 8. The number of thiazole rings is 2. The fraction of sp³-hybridized carbons (Fsp3) is 0.492. The van der Waals surface area contributed by atoms with Crippen LogP contribution in [0.2, 0.25) is 11.6 Å². The predicted molar refractivity (Wildman–Crippen MR) is 374 cm³/mol. The third-order valence-electron chi connectivity index (χ3n) is 18.2. The van der Waals surface area contributed by atoms with Gasteiger partial charge < -0.3 is 95.2 Å². The minimum absolute atomic E-state index is 0.0113. The number of carbonyl (C=O) groups excluding carboxylic acids is 5. The van der Waals surface area contributed by atoms with E-state index >= 15 is 0 Å². The maximum atomic E-state index is 13.2. The first kappa shape index (κ1) is 78.0. The predicted octanol–water partition coefficient (Wildman–Crippen LogP) is 6.80. The number of aromatic carboxylic acids is 2. The van der Waals surface area contributed by atoms with Crippen molar-refractivity contribution in [2.45, 2.75) is 160 Å². The SMILES string of the molecule is COc1cc(C[C@@H](Cl)B2OC3C[C@@H]4C[C@@H](C4(C)C)[C@]3(C)O2)c(OC)c(C(=O)OC(C)(C)C)c1.COc1cc2c(c(C(=O)O)c1)OB(O)[C@@H](CC(=O)/C(=N\OC(C)(C)C(N)=O)c1csc(N)n1)C2.COc1cc2c(c(C(=O)O)c1)OB(O)[C@@H](CC(=O)/C(=N\OC(C)(C)C(N)=O)c1csc(N)n1)C2. The lowest BCUT2D eigenvalue weighted by atomic mass is 9.43. The normalized spacial score (nSPS) is 20.7. The number of nitrogens with zero attached hydrogens (tertiary/aromatic N) is 4. The lowest BCUT2D eigenvalue weighted by molar-refractivity contribution is -0.199. The molecule has 3 aliphatic carbocycles. The van der Waals surface area contributed by atoms with Crippen LogP contribution in [0, 0.1) is 17.3 Å². The number of rotatable bonds is 24. The van der Waals surface area contributed by atoms with E-state index in [1.807, 2.05) is 26.8 Å². The second kappa shape index (κ2) is 30.9. The van der Waals surface area contributed by atoms with Crippen molar-refractivity contribution >= 4 is 119 Å². The summed E-state index contributed by atoms with van der Waals surface area (Å²) in [5.41, 5.74) is 19.7. The van der Waals surface area contributed by atoms with Crippen LogP contribution in [0.3, 0.4) is 0 Å². The van der Waals surface area contributed by atoms with Gasteiger partial charge in [0.05, 0.1) is 45.4 Å². The van der Waals surface area contributed by atoms with Gasteiger partial charge in [-0.05, 0) is 158 Å². The minimum Gasteiger partial charge on any atom is -0.535 e. The first-order valence-electron chi connectivity index (χ1n) is 31.8. The van der Waals surface area contributed by atoms with E-state index in [0.717, 1.165) is 34.7 Å². The Kier molecular flexibility index (Phi) is 23.8. The van der Waals surface area contributed by atoms with Crippen LogP contribution >= 0.6 is 34.3 Å². The zero-order valence-electron chi connectivity index (χ0n) is 58.2. The number of alkyl halides is 1. The van der Waals surface area contributed by atoms with E-state index in [4.69, 9.17) is 86.5 Å². The van der Waals surface area contributed by atoms with Crippen LogP contribution in [0.4, 0.5) is 10.3 Å². The van der Waals surface area contributed by atoms with Gasteiger partial charge in [0.15, 0.2) is 33.3 Å². The molecule has 2 aromatic heterocycles. The Morgan fingerprint density at radius 1 is 0.673 bits per heavy atom. The van der Waals surface area contributed by atoms with Crippen molar-refractivity contribution in [2.75, 3.05) is 39.9 Å². The van der Waals surface area contributed by atoms with Gasteiger partial charge in [0.1, 0.15) is 68.2 Å². The highest BCUT2D eigenvalue weighted by molar-refractivity contribution is 7.14. The summed E-state index contributed by atoms with van der Waals surface area (Å²) < 4.78 is 50.8. The van der Waals surface area contributed by atoms with Gasteiger partial charge in [0.25, 0.3) is 11.8 Å². The van der Waals surface area contributed by atoms with Crippen molar-refractivity contribution < 1.29 is 106 Å². The number of ketones is 2. The number of aromatic nitrogens is 2. The Morgan fingerprint density at radius 3 is 1.49 bits per heavy atom. The number of amides is 2. The summed E-state index contributed by atoms with van der Waals surface area (Å²) in [6.07, 6.45) is 2.39. The summed E-state index contributed by atoms with van der Waals surface area (Å²) in [7, 11) is 2.42. The Hall–Kier alpha value is -8.73. The van der Waals surface area contributed by atoms with Gasteiger partial charge in [-0.3, -0.25) is 19.2 Å². The lowest BCUT2D eigenvalue weighted by Crippen LogP contribution is -2.65. The van der Waals surface area contributed by atoms with Crippen LogP contribution in [0.1, 0.15) is 154 Å². The number of halogens is 1. The summed E-state index contributed by atoms with van der Waals surface area (Å²) in [5.74, 6) is -4.48. The number of carboxylic acid groups (broad SMARTS) is 2. The fourth-order valence-electron chi connectivity index (χ4n) is 12.4. The number of anilines is 2. The number of Topliss-reactive ketones (excluding diaryl/α,β-unsaturated/α-hetero) is 2. The fourth-order valence-corrected chi connectivity index (χ4v) is 13.7. The molecule has 101 heavy (non-hydrogen) atoms. The average Bonchev–Trinajstić information content (AvgIpc) is 1.66. The van der Waals surface area contributed by atoms with Crippen LogP contribution in [0.25, 0.3) is 0 Å². The molecule has 3 aromatic carbocycles. The van der Waals surface area contributed by atoms with Crippen LogP contribution in [-0.4, -0.2) is 167 Å². The molecule has 1 unspecified atom stereocenters. The first-order chi connectivity index (χ1) is 47.1. The highest BCUT2D eigenvalue weighted by Gasteiger charge is 2.68. The summed E-state index contributed by atoms with van der Waals surface area (Å²) in [5, 5.41) is 50.6. The molecule has 3 saturated carbocycles. The van der Waals surface area contributed by atoms with Crippen LogP contribution in [0.15, 0.2) is 57.5 Å². The molecule has 11 rings (SSSR count). The zero-order valence-corrected chi connectivity index (χ0v) is 60.6. The van der Waals surface area contributed by atoms with E-state index in [-0.39, 0.29) is 98.5 Å². The molecule has 1 saturated heterocycles. The number of nitrogen functional groups attached to an aromatic ring is 2. The number of benzene rings is 3. The number of carboxylic acids is 2. The molecule has 30 nitrogen and oxygen atoms in total. The van der Waals surface area contributed by atoms with E-state index in [1.54, 1.807) is 25.3 Å². The molecule has 2 amide bonds. The van der Waals surface area contributed by atoms with Crippen molar-refractivity contribution in [1.82, 2.24) is 9.97 Å². The maximum absolute atomic E-state index is 13.2. The molecule has 6 aliphatic rings. The van der Waals surface area contributed by atoms with Gasteiger partial charge in [-0.25, -0.2) is 24.4 Å². The molecule has 2 bridgehead atoms. The number of oxime groups is 2. The first-order valence-corrected chi connectivity index (χ1v) is 34.0. The summed E-state index contributed by atoms with van der Waals surface area (Å²) in [6.45, 7) is 17.9. The molecule has 4 fully saturated rings. The largest absolute Gasteiger partial charge is 0.535 e. The third kappa shape index (κ3) is 17.6. The van der Waals surface area contributed by atoms with E-state index in [1.165, 1.54) is 78.3 Å². The number of primary amides is 2. The second-order valence-corrected chi connectivity index (χ2v) is 29.9. The Morgan fingerprint density at radius 2 is 1.11 bits per heavy atom. The number of hydrogen-bond acceptors (Lipinski definition) is 28. The number of carbonyl (C=O) groups is 7. The number of nitrogens with two attached hydrogens (primary N) is 4. The van der Waals surface area contributed by atoms with Crippen molar-refractivity contribution in [3.05, 3.63) is 91.9 Å². The monoisotopic (exact) mass is 1460 g/mol. The molecule has 5 heterocycles. The number of esters is 1. The van der Waals surface area contributed by atoms with Gasteiger partial charge in [-0.2, -0.15) is 0 Å². The van der Waals surface area contributed by atoms with Crippen LogP contribution in [0.5, 0.6) is 34.5 Å². The molecule has 542 valence electrons. The van der Waals surface area contributed by atoms with Gasteiger partial charge in [-0.1, -0.05) is 24.2 Å². The van der Waals surface area contributed by atoms with Gasteiger partial charge in [0, 0.05) is 35.2 Å². The third-order valence-corrected chi connectivity index (χ3v) is 19.9. The molecule has 3 aliphatic heterocycles. The van der Waals surface area contributed by atoms with Gasteiger partial charge >= 0.3 is 39.3 Å². The maximum Gasteiger partial charge on any atom is 0.526 e. The zero-order chi connectivity index (χ0) is 74.8. The molecular formula is C65H82B3ClN8O22S2. The quantitative estimate of drug-likeness (QED) is 0.0103. The summed E-state index contributed by atoms with van der Waals surface area (Å²) >= 11 is 9.04. The molecular weight excluding hydrogens is 1380 g/mol. The average molecular weight is 1460 g/mol. The summed E-state index contributed by atoms with van der Waals surface area (Å²) in [6, 6.07) is 9.21. The number of ether oxygens (including phenoxy) is 5. The smallest absolute Gasteiger partial charge is 0.526 e. The van der Waals surface area contributed by atoms with Crippen LogP contribution < -0.4 is 51.2 Å². The Labute approximate surface area is 596 Å². The second-order valence-electron chi connectivity index (χ2n) is 27.5. The van der Waals surface area contributed by atoms with Crippen LogP contribution in [-0.2, 0) is 62.2 Å². The Balaban J connectivity index is 0.000000192. The van der Waals surface area contributed by atoms with E-state index in [9.17, 15) is 53.8 Å². The molecule has 0 radical (unpaired) electrons. The van der Waals surface area contributed by atoms with Gasteiger partial charge in [-0.15, -0.1) is 34.3 Å². The number of methoxy groups -OCH3 is 4. The lowest BCUT2D eigenvalue weighted by Gasteiger charge is -2.64. The van der Waals surface area contributed by atoms with E-state index in [0.29, 0.717) is 57.9 Å². The molecule has 36 heteroatoms. The van der Waals surface area contributed by atoms with E-state index in [2.05, 4.69) is 41.1 Å². The number of fused-ring (bicyclic) bond motifs is 2. The molecule has 7 atom stereocenters. The Bertz CT molecular complexity index is 3890. The standard InChI is InChI=1S/C25H36BClO6.2C20H23BN4O8S/c1-23(2,3)31-22(28)17-13-16(29-7)9-14(21(17)30-8)10-20(27)26-32-19-12-15-11-18(24(15,4)5)25(19,6)33-26;2*1-20(2,18(22)29)33-25-15(13-8-34-19(23)24-13)14(26)6-10-4-9-5-11(31-3)7-12(17(27)28)16(9)32-21(10)30/h9,13,15,18-20H,10-12H2,1-8H3;2*5,7-8,10,30H,4,6H2,1-3H3,(H2,22,29)(H2,23,24)(H,27,28)/b;2*25-15-/t15-,18-,19?,20+,25-;2*10-/m011/s1. The molecule has 12 N–H and O–H groups in total. The molecule has 0 spiro atoms. The van der Waals surface area contributed by atoms with Crippen molar-refractivity contribution in [2.24, 2.45) is 39.0 Å². The van der Waals surface area contributed by atoms with Crippen molar-refractivity contribution in [3.8, 4) is 34.5 Å².